The fraction of sp³-hybridized carbons (Fsp3) is 0.417. The third-order valence-corrected chi connectivity index (χ3v) is 7.88. The van der Waals surface area contributed by atoms with E-state index in [1.165, 1.54) is 10.6 Å². The standard InChI is InChI=1S/C24H25FN4O4S/c25-14-11-19-21(26-12-14)28(17-9-10-34-13-17)24(33)29(23(19)32)16-7-5-15(6-8-16)27-22(31)18-3-1-2-4-20(18)30/h1-4,11-12,15-17,30H,5-10,13H2,(H,27,31). The van der Waals surface area contributed by atoms with Crippen LogP contribution in [0, 0.1) is 5.82 Å². The molecular weight excluding hydrogens is 459 g/mol. The zero-order valence-electron chi connectivity index (χ0n) is 18.4. The summed E-state index contributed by atoms with van der Waals surface area (Å²) >= 11 is 1.74. The number of aromatic nitrogens is 3. The number of benzene rings is 1. The average molecular weight is 485 g/mol. The number of amides is 1. The number of hydrogen-bond donors (Lipinski definition) is 2. The molecule has 2 N–H and O–H groups in total. The number of para-hydroxylation sites is 1. The summed E-state index contributed by atoms with van der Waals surface area (Å²) in [6.45, 7) is 0. The van der Waals surface area contributed by atoms with Gasteiger partial charge in [0, 0.05) is 17.8 Å². The minimum atomic E-state index is -0.613. The van der Waals surface area contributed by atoms with Gasteiger partial charge in [0.1, 0.15) is 17.2 Å². The van der Waals surface area contributed by atoms with Gasteiger partial charge in [-0.3, -0.25) is 18.7 Å². The molecular formula is C24H25FN4O4S. The summed E-state index contributed by atoms with van der Waals surface area (Å²) < 4.78 is 16.8. The number of aromatic hydroxyl groups is 1. The Balaban J connectivity index is 1.42. The summed E-state index contributed by atoms with van der Waals surface area (Å²) in [7, 11) is 0. The minimum absolute atomic E-state index is 0.0807. The molecule has 1 aliphatic heterocycles. The Bertz CT molecular complexity index is 1360. The molecule has 1 unspecified atom stereocenters. The average Bonchev–Trinajstić information content (AvgIpc) is 3.35. The van der Waals surface area contributed by atoms with Crippen LogP contribution < -0.4 is 16.6 Å². The van der Waals surface area contributed by atoms with E-state index < -0.39 is 17.1 Å². The topological polar surface area (TPSA) is 106 Å². The highest BCUT2D eigenvalue weighted by Crippen LogP contribution is 2.30. The molecule has 1 saturated heterocycles. The van der Waals surface area contributed by atoms with E-state index in [2.05, 4.69) is 10.3 Å². The molecule has 0 spiro atoms. The molecule has 1 aromatic carbocycles. The molecule has 1 aliphatic carbocycles. The first-order valence-electron chi connectivity index (χ1n) is 11.4. The van der Waals surface area contributed by atoms with Crippen LogP contribution in [0.5, 0.6) is 5.75 Å². The normalized spacial score (nSPS) is 22.7. The number of pyridine rings is 1. The van der Waals surface area contributed by atoms with E-state index in [9.17, 15) is 23.9 Å². The van der Waals surface area contributed by atoms with Crippen LogP contribution in [0.2, 0.25) is 0 Å². The fourth-order valence-corrected chi connectivity index (χ4v) is 6.18. The van der Waals surface area contributed by atoms with Gasteiger partial charge in [0.25, 0.3) is 11.5 Å². The lowest BCUT2D eigenvalue weighted by Gasteiger charge is -2.30. The van der Waals surface area contributed by atoms with Crippen molar-refractivity contribution in [3.8, 4) is 5.75 Å². The fourth-order valence-electron chi connectivity index (χ4n) is 4.99. The number of halogens is 1. The van der Waals surface area contributed by atoms with Gasteiger partial charge in [-0.15, -0.1) is 0 Å². The van der Waals surface area contributed by atoms with Gasteiger partial charge >= 0.3 is 5.69 Å². The van der Waals surface area contributed by atoms with Gasteiger partial charge in [0.15, 0.2) is 0 Å². The summed E-state index contributed by atoms with van der Waals surface area (Å²) in [4.78, 5) is 43.5. The van der Waals surface area contributed by atoms with Crippen LogP contribution >= 0.6 is 11.8 Å². The van der Waals surface area contributed by atoms with E-state index in [4.69, 9.17) is 0 Å². The second-order valence-corrected chi connectivity index (χ2v) is 10.0. The van der Waals surface area contributed by atoms with Crippen molar-refractivity contribution in [1.82, 2.24) is 19.4 Å². The van der Waals surface area contributed by atoms with Crippen molar-refractivity contribution < 1.29 is 14.3 Å². The molecule has 1 atom stereocenters. The van der Waals surface area contributed by atoms with Crippen LogP contribution in [0.3, 0.4) is 0 Å². The Morgan fingerprint density at radius 1 is 1.09 bits per heavy atom. The number of phenolic OH excluding ortho intramolecular Hbond substituents is 1. The summed E-state index contributed by atoms with van der Waals surface area (Å²) in [5.41, 5.74) is -0.465. The Morgan fingerprint density at radius 2 is 1.85 bits per heavy atom. The number of thioether (sulfide) groups is 1. The molecule has 178 valence electrons. The van der Waals surface area contributed by atoms with Gasteiger partial charge in [-0.05, 0) is 56.1 Å². The van der Waals surface area contributed by atoms with Gasteiger partial charge in [0.2, 0.25) is 0 Å². The lowest BCUT2D eigenvalue weighted by Crippen LogP contribution is -2.46. The highest BCUT2D eigenvalue weighted by Gasteiger charge is 2.30. The quantitative estimate of drug-likeness (QED) is 0.590. The van der Waals surface area contributed by atoms with Crippen LogP contribution in [-0.2, 0) is 0 Å². The van der Waals surface area contributed by atoms with Crippen molar-refractivity contribution in [3.63, 3.8) is 0 Å². The van der Waals surface area contributed by atoms with E-state index >= 15 is 0 Å². The Kier molecular flexibility index (Phi) is 6.16. The number of phenols is 1. The Labute approximate surface area is 198 Å². The van der Waals surface area contributed by atoms with Crippen LogP contribution in [-0.4, -0.2) is 42.7 Å². The van der Waals surface area contributed by atoms with Gasteiger partial charge in [-0.2, -0.15) is 11.8 Å². The summed E-state index contributed by atoms with van der Waals surface area (Å²) in [6, 6.07) is 6.96. The van der Waals surface area contributed by atoms with Crippen molar-refractivity contribution in [2.75, 3.05) is 11.5 Å². The molecule has 2 fully saturated rings. The van der Waals surface area contributed by atoms with E-state index in [-0.39, 0.29) is 46.4 Å². The lowest BCUT2D eigenvalue weighted by atomic mass is 9.90. The van der Waals surface area contributed by atoms with E-state index in [1.54, 1.807) is 34.5 Å². The molecule has 0 bridgehead atoms. The first-order chi connectivity index (χ1) is 16.4. The Morgan fingerprint density at radius 3 is 2.56 bits per heavy atom. The molecule has 8 nitrogen and oxygen atoms in total. The van der Waals surface area contributed by atoms with E-state index in [0.29, 0.717) is 25.7 Å². The van der Waals surface area contributed by atoms with Crippen molar-refractivity contribution in [2.45, 2.75) is 50.2 Å². The lowest BCUT2D eigenvalue weighted by molar-refractivity contribution is 0.0919. The van der Waals surface area contributed by atoms with Crippen molar-refractivity contribution >= 4 is 28.7 Å². The molecule has 10 heteroatoms. The SMILES string of the molecule is O=C(NC1CCC(n2c(=O)c3cc(F)cnc3n(C3CCSC3)c2=O)CC1)c1ccccc1O. The summed E-state index contributed by atoms with van der Waals surface area (Å²) in [6.07, 6.45) is 4.04. The molecule has 0 radical (unpaired) electrons. The van der Waals surface area contributed by atoms with Gasteiger partial charge in [-0.1, -0.05) is 12.1 Å². The van der Waals surface area contributed by atoms with E-state index in [0.717, 1.165) is 30.2 Å². The maximum absolute atomic E-state index is 14.0. The maximum Gasteiger partial charge on any atom is 0.333 e. The van der Waals surface area contributed by atoms with Crippen molar-refractivity contribution in [1.29, 1.82) is 0 Å². The number of carbonyl (C=O) groups is 1. The second kappa shape index (κ2) is 9.25. The number of nitrogens with zero attached hydrogens (tertiary/aromatic N) is 3. The van der Waals surface area contributed by atoms with Crippen LogP contribution in [0.15, 0.2) is 46.1 Å². The van der Waals surface area contributed by atoms with Gasteiger partial charge in [-0.25, -0.2) is 14.2 Å². The van der Waals surface area contributed by atoms with Crippen molar-refractivity contribution in [3.05, 3.63) is 68.7 Å². The molecule has 1 amide bonds. The highest BCUT2D eigenvalue weighted by molar-refractivity contribution is 7.99. The number of rotatable bonds is 4. The first-order valence-corrected chi connectivity index (χ1v) is 12.6. The second-order valence-electron chi connectivity index (χ2n) is 8.87. The largest absolute Gasteiger partial charge is 0.507 e. The number of carbonyl (C=O) groups excluding carboxylic acids is 1. The molecule has 34 heavy (non-hydrogen) atoms. The zero-order valence-corrected chi connectivity index (χ0v) is 19.3. The highest BCUT2D eigenvalue weighted by atomic mass is 32.2. The summed E-state index contributed by atoms with van der Waals surface area (Å²) in [5, 5.41) is 13.0. The molecule has 5 rings (SSSR count). The smallest absolute Gasteiger partial charge is 0.333 e. The predicted molar refractivity (Wildman–Crippen MR) is 128 cm³/mol. The first kappa shape index (κ1) is 22.6. The maximum atomic E-state index is 14.0. The monoisotopic (exact) mass is 484 g/mol. The molecule has 2 aromatic heterocycles. The predicted octanol–water partition coefficient (Wildman–Crippen LogP) is 2.99. The van der Waals surface area contributed by atoms with Gasteiger partial charge < -0.3 is 10.4 Å². The summed E-state index contributed by atoms with van der Waals surface area (Å²) in [5.74, 6) is 0.616. The van der Waals surface area contributed by atoms with Gasteiger partial charge in [0.05, 0.1) is 23.2 Å². The molecule has 2 aliphatic rings. The third kappa shape index (κ3) is 4.11. The minimum Gasteiger partial charge on any atom is -0.507 e. The van der Waals surface area contributed by atoms with Crippen molar-refractivity contribution in [2.24, 2.45) is 0 Å². The van der Waals surface area contributed by atoms with E-state index in [1.807, 2.05) is 0 Å². The number of fused-ring (bicyclic) bond motifs is 1. The molecule has 3 aromatic rings. The molecule has 3 heterocycles. The third-order valence-electron chi connectivity index (χ3n) is 6.74. The molecule has 1 saturated carbocycles. The van der Waals surface area contributed by atoms with Crippen LogP contribution in [0.4, 0.5) is 4.39 Å². The number of nitrogens with one attached hydrogen (secondary N) is 1. The Hall–Kier alpha value is -3.14. The van der Waals surface area contributed by atoms with Crippen LogP contribution in [0.1, 0.15) is 54.5 Å². The zero-order chi connectivity index (χ0) is 23.8. The van der Waals surface area contributed by atoms with Crippen LogP contribution in [0.25, 0.3) is 11.0 Å². The number of hydrogen-bond acceptors (Lipinski definition) is 6.